The molecular formula is C9H16N2O3. The predicted molar refractivity (Wildman–Crippen MR) is 50.8 cm³/mol. The molecule has 0 aliphatic carbocycles. The van der Waals surface area contributed by atoms with Gasteiger partial charge in [-0.1, -0.05) is 13.8 Å². The van der Waals surface area contributed by atoms with Gasteiger partial charge in [0.2, 0.25) is 5.91 Å². The molecule has 0 radical (unpaired) electrons. The zero-order valence-electron chi connectivity index (χ0n) is 8.49. The third-order valence-electron chi connectivity index (χ3n) is 2.35. The van der Waals surface area contributed by atoms with E-state index in [1.807, 2.05) is 13.8 Å². The summed E-state index contributed by atoms with van der Waals surface area (Å²) in [6.45, 7) is 5.02. The highest BCUT2D eigenvalue weighted by Gasteiger charge is 2.33. The summed E-state index contributed by atoms with van der Waals surface area (Å²) >= 11 is 0. The molecule has 14 heavy (non-hydrogen) atoms. The van der Waals surface area contributed by atoms with Gasteiger partial charge in [0, 0.05) is 13.1 Å². The average molecular weight is 200 g/mol. The number of hydrogen-bond donors (Lipinski definition) is 2. The van der Waals surface area contributed by atoms with E-state index in [2.05, 4.69) is 5.32 Å². The van der Waals surface area contributed by atoms with Gasteiger partial charge in [0.1, 0.15) is 6.04 Å². The number of piperazine rings is 1. The molecule has 1 amide bonds. The Morgan fingerprint density at radius 2 is 2.21 bits per heavy atom. The van der Waals surface area contributed by atoms with Crippen LogP contribution in [0, 0.1) is 5.92 Å². The predicted octanol–water partition coefficient (Wildman–Crippen LogP) is -0.473. The highest BCUT2D eigenvalue weighted by atomic mass is 16.4. The molecule has 0 saturated carbocycles. The number of carboxylic acids is 1. The van der Waals surface area contributed by atoms with E-state index < -0.39 is 12.0 Å². The Morgan fingerprint density at radius 3 is 2.64 bits per heavy atom. The van der Waals surface area contributed by atoms with Crippen LogP contribution in [0.25, 0.3) is 0 Å². The largest absolute Gasteiger partial charge is 0.480 e. The quantitative estimate of drug-likeness (QED) is 0.646. The van der Waals surface area contributed by atoms with Crippen molar-refractivity contribution in [2.75, 3.05) is 19.6 Å². The van der Waals surface area contributed by atoms with E-state index in [0.717, 1.165) is 0 Å². The van der Waals surface area contributed by atoms with Gasteiger partial charge in [-0.25, -0.2) is 4.79 Å². The summed E-state index contributed by atoms with van der Waals surface area (Å²) in [7, 11) is 0. The Morgan fingerprint density at radius 1 is 1.57 bits per heavy atom. The van der Waals surface area contributed by atoms with Crippen LogP contribution in [0.1, 0.15) is 13.8 Å². The van der Waals surface area contributed by atoms with Gasteiger partial charge >= 0.3 is 5.97 Å². The molecule has 0 bridgehead atoms. The van der Waals surface area contributed by atoms with Crippen molar-refractivity contribution in [2.45, 2.75) is 19.9 Å². The van der Waals surface area contributed by atoms with Crippen LogP contribution in [-0.4, -0.2) is 47.6 Å². The molecule has 1 unspecified atom stereocenters. The van der Waals surface area contributed by atoms with Gasteiger partial charge < -0.3 is 15.3 Å². The molecule has 1 fully saturated rings. The van der Waals surface area contributed by atoms with Crippen molar-refractivity contribution >= 4 is 11.9 Å². The fourth-order valence-electron chi connectivity index (χ4n) is 1.69. The Balaban J connectivity index is 2.75. The van der Waals surface area contributed by atoms with Crippen LogP contribution in [0.2, 0.25) is 0 Å². The van der Waals surface area contributed by atoms with Gasteiger partial charge in [-0.3, -0.25) is 4.79 Å². The summed E-state index contributed by atoms with van der Waals surface area (Å²) in [6, 6.07) is -0.690. The second-order valence-electron chi connectivity index (χ2n) is 3.79. The molecule has 1 aliphatic rings. The van der Waals surface area contributed by atoms with Crippen molar-refractivity contribution < 1.29 is 14.7 Å². The summed E-state index contributed by atoms with van der Waals surface area (Å²) in [5.41, 5.74) is 0. The molecule has 1 atom stereocenters. The van der Waals surface area contributed by atoms with E-state index in [-0.39, 0.29) is 18.4 Å². The van der Waals surface area contributed by atoms with Gasteiger partial charge in [0.15, 0.2) is 0 Å². The average Bonchev–Trinajstić information content (AvgIpc) is 2.07. The maximum absolute atomic E-state index is 11.4. The van der Waals surface area contributed by atoms with Crippen LogP contribution in [0.3, 0.4) is 0 Å². The lowest BCUT2D eigenvalue weighted by Gasteiger charge is -2.34. The molecule has 2 N–H and O–H groups in total. The highest BCUT2D eigenvalue weighted by Crippen LogP contribution is 2.12. The minimum Gasteiger partial charge on any atom is -0.480 e. The topological polar surface area (TPSA) is 69.6 Å². The van der Waals surface area contributed by atoms with E-state index in [0.29, 0.717) is 13.1 Å². The standard InChI is InChI=1S/C9H16N2O3/c1-6(2)8(9(13)14)11-4-3-10-5-7(11)12/h6,8,10H,3-5H2,1-2H3,(H,13,14). The Bertz CT molecular complexity index is 240. The van der Waals surface area contributed by atoms with Crippen molar-refractivity contribution in [1.29, 1.82) is 0 Å². The maximum Gasteiger partial charge on any atom is 0.326 e. The van der Waals surface area contributed by atoms with Gasteiger partial charge in [-0.05, 0) is 5.92 Å². The SMILES string of the molecule is CC(C)C(C(=O)O)N1CCNCC1=O. The first-order chi connectivity index (χ1) is 6.54. The molecular weight excluding hydrogens is 184 g/mol. The fraction of sp³-hybridized carbons (Fsp3) is 0.778. The third kappa shape index (κ3) is 2.23. The van der Waals surface area contributed by atoms with E-state index >= 15 is 0 Å². The molecule has 0 spiro atoms. The molecule has 0 aromatic heterocycles. The zero-order valence-corrected chi connectivity index (χ0v) is 8.49. The lowest BCUT2D eigenvalue weighted by molar-refractivity contribution is -0.152. The van der Waals surface area contributed by atoms with Crippen molar-refractivity contribution in [3.05, 3.63) is 0 Å². The Hall–Kier alpha value is -1.10. The van der Waals surface area contributed by atoms with Crippen molar-refractivity contribution in [1.82, 2.24) is 10.2 Å². The number of nitrogens with zero attached hydrogens (tertiary/aromatic N) is 1. The van der Waals surface area contributed by atoms with E-state index in [9.17, 15) is 9.59 Å². The Labute approximate surface area is 83.1 Å². The van der Waals surface area contributed by atoms with Gasteiger partial charge in [-0.2, -0.15) is 0 Å². The number of amides is 1. The van der Waals surface area contributed by atoms with Crippen LogP contribution in [0.5, 0.6) is 0 Å². The molecule has 80 valence electrons. The maximum atomic E-state index is 11.4. The van der Waals surface area contributed by atoms with Crippen molar-refractivity contribution in [2.24, 2.45) is 5.92 Å². The van der Waals surface area contributed by atoms with Crippen LogP contribution in [0.15, 0.2) is 0 Å². The second-order valence-corrected chi connectivity index (χ2v) is 3.79. The van der Waals surface area contributed by atoms with Crippen molar-refractivity contribution in [3.63, 3.8) is 0 Å². The van der Waals surface area contributed by atoms with E-state index in [1.165, 1.54) is 4.90 Å². The van der Waals surface area contributed by atoms with Crippen LogP contribution in [-0.2, 0) is 9.59 Å². The van der Waals surface area contributed by atoms with Gasteiger partial charge in [-0.15, -0.1) is 0 Å². The number of aliphatic carboxylic acids is 1. The number of nitrogens with one attached hydrogen (secondary N) is 1. The first-order valence-corrected chi connectivity index (χ1v) is 4.77. The monoisotopic (exact) mass is 200 g/mol. The first-order valence-electron chi connectivity index (χ1n) is 4.77. The third-order valence-corrected chi connectivity index (χ3v) is 2.35. The first kappa shape index (κ1) is 11.0. The smallest absolute Gasteiger partial charge is 0.326 e. The molecule has 1 aliphatic heterocycles. The molecule has 0 aromatic rings. The minimum absolute atomic E-state index is 0.0606. The molecule has 5 nitrogen and oxygen atoms in total. The summed E-state index contributed by atoms with van der Waals surface area (Å²) in [6.07, 6.45) is 0. The summed E-state index contributed by atoms with van der Waals surface area (Å²) in [5.74, 6) is -1.11. The molecule has 1 rings (SSSR count). The number of rotatable bonds is 3. The summed E-state index contributed by atoms with van der Waals surface area (Å²) in [4.78, 5) is 23.9. The molecule has 0 aromatic carbocycles. The highest BCUT2D eigenvalue weighted by molar-refractivity contribution is 5.85. The van der Waals surface area contributed by atoms with E-state index in [4.69, 9.17) is 5.11 Å². The zero-order chi connectivity index (χ0) is 10.7. The number of hydrogen-bond acceptors (Lipinski definition) is 3. The van der Waals surface area contributed by atoms with Crippen LogP contribution >= 0.6 is 0 Å². The Kier molecular flexibility index (Phi) is 3.46. The van der Waals surface area contributed by atoms with Crippen LogP contribution < -0.4 is 5.32 Å². The van der Waals surface area contributed by atoms with Crippen LogP contribution in [0.4, 0.5) is 0 Å². The van der Waals surface area contributed by atoms with Crippen molar-refractivity contribution in [3.8, 4) is 0 Å². The number of carbonyl (C=O) groups is 2. The van der Waals surface area contributed by atoms with Gasteiger partial charge in [0.25, 0.3) is 0 Å². The molecule has 5 heteroatoms. The molecule has 1 heterocycles. The van der Waals surface area contributed by atoms with E-state index in [1.54, 1.807) is 0 Å². The lowest BCUT2D eigenvalue weighted by Crippen LogP contribution is -2.56. The molecule has 1 saturated heterocycles. The lowest BCUT2D eigenvalue weighted by atomic mass is 10.0. The number of carbonyl (C=O) groups excluding carboxylic acids is 1. The normalized spacial score (nSPS) is 19.9. The fourth-order valence-corrected chi connectivity index (χ4v) is 1.69. The number of carboxylic acid groups (broad SMARTS) is 1. The summed E-state index contributed by atoms with van der Waals surface area (Å²) in [5, 5.41) is 11.9. The second kappa shape index (κ2) is 4.41. The minimum atomic E-state index is -0.921. The summed E-state index contributed by atoms with van der Waals surface area (Å²) < 4.78 is 0. The van der Waals surface area contributed by atoms with Gasteiger partial charge in [0.05, 0.1) is 6.54 Å².